The minimum atomic E-state index is -1.26. The molecule has 0 aromatic carbocycles. The van der Waals surface area contributed by atoms with Gasteiger partial charge in [-0.25, -0.2) is 0 Å². The molecule has 1 spiro atoms. The van der Waals surface area contributed by atoms with E-state index < -0.39 is 23.8 Å². The van der Waals surface area contributed by atoms with Gasteiger partial charge in [-0.05, 0) is 93.8 Å². The first-order valence-electron chi connectivity index (χ1n) is 15.9. The molecule has 0 unspecified atom stereocenters. The Morgan fingerprint density at radius 3 is 2.24 bits per heavy atom. The molecule has 4 aliphatic carbocycles. The van der Waals surface area contributed by atoms with Gasteiger partial charge in [-0.2, -0.15) is 0 Å². The summed E-state index contributed by atoms with van der Waals surface area (Å²) < 4.78 is 23.7. The molecule has 41 heavy (non-hydrogen) atoms. The van der Waals surface area contributed by atoms with Gasteiger partial charge >= 0.3 is 17.9 Å². The highest BCUT2D eigenvalue weighted by atomic mass is 16.6. The lowest BCUT2D eigenvalue weighted by Crippen LogP contribution is -2.59. The van der Waals surface area contributed by atoms with E-state index in [0.717, 1.165) is 51.4 Å². The summed E-state index contributed by atoms with van der Waals surface area (Å²) in [6, 6.07) is 0. The summed E-state index contributed by atoms with van der Waals surface area (Å²) in [6.07, 6.45) is 7.62. The SMILES string of the molecule is CC(=O)O[C@H]1CC[C@]2(C)[C@H]3CC[C@]4(C)[C@H]([C@H](C)[C@@H](C[C@H](OC(C)=O)C(C)(C)O)OC(C)=O)CC[C@H]4[C@@H]3C[C@H]3O[C@]32C1. The van der Waals surface area contributed by atoms with Crippen molar-refractivity contribution >= 4 is 17.9 Å². The van der Waals surface area contributed by atoms with Crippen LogP contribution >= 0.6 is 0 Å². The van der Waals surface area contributed by atoms with E-state index in [1.165, 1.54) is 20.8 Å². The molecule has 0 radical (unpaired) electrons. The summed E-state index contributed by atoms with van der Waals surface area (Å²) in [5.41, 5.74) is -1.18. The average molecular weight is 577 g/mol. The zero-order valence-electron chi connectivity index (χ0n) is 26.4. The predicted molar refractivity (Wildman–Crippen MR) is 151 cm³/mol. The Morgan fingerprint density at radius 1 is 0.951 bits per heavy atom. The molecule has 8 heteroatoms. The van der Waals surface area contributed by atoms with Gasteiger partial charge in [0, 0.05) is 39.0 Å². The van der Waals surface area contributed by atoms with E-state index in [4.69, 9.17) is 18.9 Å². The topological polar surface area (TPSA) is 112 Å². The molecule has 0 aromatic rings. The minimum absolute atomic E-state index is 0.0365. The van der Waals surface area contributed by atoms with Crippen molar-refractivity contribution in [1.29, 1.82) is 0 Å². The molecule has 0 bridgehead atoms. The van der Waals surface area contributed by atoms with Crippen molar-refractivity contribution in [1.82, 2.24) is 0 Å². The molecule has 5 rings (SSSR count). The van der Waals surface area contributed by atoms with Crippen LogP contribution in [0, 0.1) is 40.4 Å². The van der Waals surface area contributed by atoms with Crippen LogP contribution in [0.4, 0.5) is 0 Å². The van der Waals surface area contributed by atoms with Crippen LogP contribution < -0.4 is 0 Å². The lowest BCUT2D eigenvalue weighted by Gasteiger charge is -2.59. The van der Waals surface area contributed by atoms with E-state index in [2.05, 4.69) is 20.8 Å². The number of hydrogen-bond acceptors (Lipinski definition) is 8. The number of hydrogen-bond donors (Lipinski definition) is 1. The first-order valence-corrected chi connectivity index (χ1v) is 15.9. The zero-order chi connectivity index (χ0) is 30.1. The normalized spacial score (nSPS) is 43.2. The summed E-state index contributed by atoms with van der Waals surface area (Å²) in [6.45, 7) is 14.6. The number of carbonyl (C=O) groups is 3. The molecule has 4 saturated carbocycles. The van der Waals surface area contributed by atoms with Crippen LogP contribution in [-0.4, -0.2) is 58.6 Å². The Kier molecular flexibility index (Phi) is 7.88. The molecule has 1 saturated heterocycles. The fourth-order valence-electron chi connectivity index (χ4n) is 10.6. The Hall–Kier alpha value is -1.67. The highest BCUT2D eigenvalue weighted by molar-refractivity contribution is 5.67. The van der Waals surface area contributed by atoms with Crippen LogP contribution in [0.3, 0.4) is 0 Å². The summed E-state index contributed by atoms with van der Waals surface area (Å²) in [7, 11) is 0. The Morgan fingerprint density at radius 2 is 1.63 bits per heavy atom. The van der Waals surface area contributed by atoms with Crippen LogP contribution in [-0.2, 0) is 33.3 Å². The van der Waals surface area contributed by atoms with Crippen molar-refractivity contribution in [2.24, 2.45) is 40.4 Å². The average Bonchev–Trinajstić information content (AvgIpc) is 3.42. The monoisotopic (exact) mass is 576 g/mol. The maximum absolute atomic E-state index is 12.2. The standard InChI is InChI=1S/C33H52O8/c1-18(27(39-20(3)35)16-28(30(5,6)37)40-21(4)36)24-9-10-25-23-15-29-33(41-29)17-22(38-19(2)34)11-14-32(33,8)26(23)12-13-31(24,25)7/h18,22-29,37H,9-17H2,1-8H3/t18-,22-,23-,24-,25-,26-,27+,28-,29+,31+,32+,33+/m0/s1. The molecule has 0 amide bonds. The van der Waals surface area contributed by atoms with Crippen molar-refractivity contribution in [3.8, 4) is 0 Å². The van der Waals surface area contributed by atoms with Gasteiger partial charge in [-0.1, -0.05) is 20.8 Å². The van der Waals surface area contributed by atoms with Gasteiger partial charge in [0.15, 0.2) is 0 Å². The van der Waals surface area contributed by atoms with E-state index in [1.807, 2.05) is 0 Å². The van der Waals surface area contributed by atoms with E-state index in [1.54, 1.807) is 13.8 Å². The molecule has 5 aliphatic rings. The molecule has 1 N–H and O–H groups in total. The molecule has 1 heterocycles. The van der Waals surface area contributed by atoms with Crippen LogP contribution in [0.15, 0.2) is 0 Å². The smallest absolute Gasteiger partial charge is 0.303 e. The largest absolute Gasteiger partial charge is 0.462 e. The molecule has 5 fully saturated rings. The van der Waals surface area contributed by atoms with E-state index in [0.29, 0.717) is 23.7 Å². The molecular formula is C33H52O8. The van der Waals surface area contributed by atoms with Gasteiger partial charge < -0.3 is 24.1 Å². The van der Waals surface area contributed by atoms with Gasteiger partial charge in [0.1, 0.15) is 23.9 Å². The van der Waals surface area contributed by atoms with Crippen LogP contribution in [0.25, 0.3) is 0 Å². The predicted octanol–water partition coefficient (Wildman–Crippen LogP) is 5.37. The zero-order valence-corrected chi connectivity index (χ0v) is 26.4. The van der Waals surface area contributed by atoms with E-state index in [9.17, 15) is 19.5 Å². The van der Waals surface area contributed by atoms with Crippen molar-refractivity contribution in [3.05, 3.63) is 0 Å². The van der Waals surface area contributed by atoms with Crippen molar-refractivity contribution in [2.45, 2.75) is 149 Å². The van der Waals surface area contributed by atoms with Gasteiger partial charge in [0.25, 0.3) is 0 Å². The molecule has 1 aliphatic heterocycles. The lowest BCUT2D eigenvalue weighted by molar-refractivity contribution is -0.171. The number of esters is 3. The number of rotatable bonds is 8. The Balaban J connectivity index is 1.35. The fraction of sp³-hybridized carbons (Fsp3) is 0.909. The third kappa shape index (κ3) is 5.23. The van der Waals surface area contributed by atoms with Gasteiger partial charge in [-0.15, -0.1) is 0 Å². The summed E-state index contributed by atoms with van der Waals surface area (Å²) >= 11 is 0. The summed E-state index contributed by atoms with van der Waals surface area (Å²) in [5.74, 6) is 1.18. The molecule has 232 valence electrons. The second kappa shape index (κ2) is 10.5. The molecule has 8 nitrogen and oxygen atoms in total. The second-order valence-corrected chi connectivity index (χ2v) is 15.2. The van der Waals surface area contributed by atoms with E-state index >= 15 is 0 Å². The van der Waals surface area contributed by atoms with Crippen LogP contribution in [0.1, 0.15) is 113 Å². The Bertz CT molecular complexity index is 1050. The maximum Gasteiger partial charge on any atom is 0.303 e. The van der Waals surface area contributed by atoms with Crippen molar-refractivity contribution < 1.29 is 38.4 Å². The maximum atomic E-state index is 12.2. The summed E-state index contributed by atoms with van der Waals surface area (Å²) in [5, 5.41) is 10.8. The first kappa shape index (κ1) is 30.8. The number of ether oxygens (including phenoxy) is 4. The first-order chi connectivity index (χ1) is 19.0. The molecule has 12 atom stereocenters. The van der Waals surface area contributed by atoms with Crippen LogP contribution in [0.5, 0.6) is 0 Å². The quantitative estimate of drug-likeness (QED) is 0.233. The number of epoxide rings is 1. The fourth-order valence-corrected chi connectivity index (χ4v) is 10.6. The van der Waals surface area contributed by atoms with E-state index in [-0.39, 0.29) is 52.9 Å². The molecule has 0 aromatic heterocycles. The van der Waals surface area contributed by atoms with Gasteiger partial charge in [-0.3, -0.25) is 14.4 Å². The lowest BCUT2D eigenvalue weighted by atomic mass is 9.44. The number of aliphatic hydroxyl groups is 1. The number of fused-ring (bicyclic) bond motifs is 4. The second-order valence-electron chi connectivity index (χ2n) is 15.2. The minimum Gasteiger partial charge on any atom is -0.462 e. The van der Waals surface area contributed by atoms with Gasteiger partial charge in [0.2, 0.25) is 0 Å². The number of carbonyl (C=O) groups excluding carboxylic acids is 3. The van der Waals surface area contributed by atoms with Crippen LogP contribution in [0.2, 0.25) is 0 Å². The highest BCUT2D eigenvalue weighted by Gasteiger charge is 2.76. The molecular weight excluding hydrogens is 524 g/mol. The highest BCUT2D eigenvalue weighted by Crippen LogP contribution is 2.74. The van der Waals surface area contributed by atoms with Crippen molar-refractivity contribution in [2.75, 3.05) is 0 Å². The van der Waals surface area contributed by atoms with Crippen molar-refractivity contribution in [3.63, 3.8) is 0 Å². The summed E-state index contributed by atoms with van der Waals surface area (Å²) in [4.78, 5) is 35.8. The Labute approximate surface area is 245 Å². The third-order valence-corrected chi connectivity index (χ3v) is 12.5. The van der Waals surface area contributed by atoms with Gasteiger partial charge in [0.05, 0.1) is 11.7 Å². The third-order valence-electron chi connectivity index (χ3n) is 12.5.